The van der Waals surface area contributed by atoms with Crippen LogP contribution in [0.2, 0.25) is 10.0 Å². The summed E-state index contributed by atoms with van der Waals surface area (Å²) in [6, 6.07) is 5.03. The molecule has 0 unspecified atom stereocenters. The summed E-state index contributed by atoms with van der Waals surface area (Å²) in [7, 11) is 0. The van der Waals surface area contributed by atoms with Crippen LogP contribution in [-0.2, 0) is 4.74 Å². The van der Waals surface area contributed by atoms with Crippen molar-refractivity contribution in [3.05, 3.63) is 33.8 Å². The predicted molar refractivity (Wildman–Crippen MR) is 86.2 cm³/mol. The van der Waals surface area contributed by atoms with Gasteiger partial charge >= 0.3 is 0 Å². The van der Waals surface area contributed by atoms with Crippen LogP contribution in [0.3, 0.4) is 0 Å². The molecule has 2 atom stereocenters. The second-order valence-electron chi connectivity index (χ2n) is 5.53. The Morgan fingerprint density at radius 2 is 2.10 bits per heavy atom. The largest absolute Gasteiger partial charge is 0.376 e. The van der Waals surface area contributed by atoms with Gasteiger partial charge in [-0.05, 0) is 30.9 Å². The Bertz CT molecular complexity index is 493. The van der Waals surface area contributed by atoms with Gasteiger partial charge in [-0.2, -0.15) is 0 Å². The Labute approximate surface area is 136 Å². The van der Waals surface area contributed by atoms with Crippen molar-refractivity contribution in [1.29, 1.82) is 0 Å². The minimum Gasteiger partial charge on any atom is -0.376 e. The maximum Gasteiger partial charge on any atom is 0.252 e. The highest BCUT2D eigenvalue weighted by Crippen LogP contribution is 2.26. The van der Waals surface area contributed by atoms with E-state index < -0.39 is 0 Å². The zero-order valence-corrected chi connectivity index (χ0v) is 13.7. The van der Waals surface area contributed by atoms with Crippen molar-refractivity contribution in [2.75, 3.05) is 13.2 Å². The number of amides is 1. The topological polar surface area (TPSA) is 38.3 Å². The number of rotatable bonds is 5. The second kappa shape index (κ2) is 8.02. The molecule has 2 rings (SSSR count). The first-order valence-electron chi connectivity index (χ1n) is 7.43. The summed E-state index contributed by atoms with van der Waals surface area (Å²) < 4.78 is 5.86. The lowest BCUT2D eigenvalue weighted by Gasteiger charge is -2.28. The van der Waals surface area contributed by atoms with Crippen LogP contribution >= 0.6 is 23.2 Å². The number of hydrogen-bond acceptors (Lipinski definition) is 2. The van der Waals surface area contributed by atoms with Gasteiger partial charge < -0.3 is 10.1 Å². The van der Waals surface area contributed by atoms with Gasteiger partial charge in [0.25, 0.3) is 5.91 Å². The molecule has 0 heterocycles. The summed E-state index contributed by atoms with van der Waals surface area (Å²) in [4.78, 5) is 12.0. The van der Waals surface area contributed by atoms with Crippen LogP contribution < -0.4 is 5.32 Å². The van der Waals surface area contributed by atoms with Crippen LogP contribution in [0.25, 0.3) is 0 Å². The summed E-state index contributed by atoms with van der Waals surface area (Å²) >= 11 is 11.9. The predicted octanol–water partition coefficient (Wildman–Crippen LogP) is 4.32. The highest BCUT2D eigenvalue weighted by atomic mass is 35.5. The molecule has 5 heteroatoms. The first-order valence-corrected chi connectivity index (χ1v) is 8.19. The third-order valence-corrected chi connectivity index (χ3v) is 4.77. The fourth-order valence-corrected chi connectivity index (χ4v) is 3.07. The molecule has 0 spiro atoms. The summed E-state index contributed by atoms with van der Waals surface area (Å²) in [5.41, 5.74) is 0.398. The molecular formula is C16H21Cl2NO2. The summed E-state index contributed by atoms with van der Waals surface area (Å²) in [5.74, 6) is 0.389. The number of ether oxygens (including phenoxy) is 1. The van der Waals surface area contributed by atoms with Crippen LogP contribution in [0.5, 0.6) is 0 Å². The number of benzene rings is 1. The summed E-state index contributed by atoms with van der Waals surface area (Å²) in [5, 5.41) is 3.49. The number of halogens is 2. The molecule has 1 amide bonds. The molecule has 3 nitrogen and oxygen atoms in total. The van der Waals surface area contributed by atoms with Gasteiger partial charge in [0, 0.05) is 6.54 Å². The van der Waals surface area contributed by atoms with E-state index in [9.17, 15) is 4.79 Å². The molecule has 21 heavy (non-hydrogen) atoms. The van der Waals surface area contributed by atoms with Gasteiger partial charge in [-0.25, -0.2) is 0 Å². The molecule has 116 valence electrons. The smallest absolute Gasteiger partial charge is 0.252 e. The second-order valence-corrected chi connectivity index (χ2v) is 6.31. The molecule has 1 fully saturated rings. The lowest BCUT2D eigenvalue weighted by atomic mass is 9.88. The highest BCUT2D eigenvalue weighted by molar-refractivity contribution is 6.43. The minimum atomic E-state index is -0.220. The molecule has 0 radical (unpaired) electrons. The van der Waals surface area contributed by atoms with E-state index >= 15 is 0 Å². The molecule has 1 aliphatic rings. The first-order chi connectivity index (χ1) is 10.1. The maximum absolute atomic E-state index is 12.0. The Balaban J connectivity index is 1.75. The fraction of sp³-hybridized carbons (Fsp3) is 0.562. The zero-order chi connectivity index (χ0) is 15.2. The van der Waals surface area contributed by atoms with Crippen molar-refractivity contribution in [3.63, 3.8) is 0 Å². The van der Waals surface area contributed by atoms with Gasteiger partial charge in [-0.3, -0.25) is 4.79 Å². The average Bonchev–Trinajstić information content (AvgIpc) is 2.48. The number of carbonyl (C=O) groups is 1. The van der Waals surface area contributed by atoms with Gasteiger partial charge in [-0.15, -0.1) is 0 Å². The van der Waals surface area contributed by atoms with E-state index in [0.717, 1.165) is 6.42 Å². The number of carbonyl (C=O) groups excluding carboxylic acids is 1. The Kier molecular flexibility index (Phi) is 6.34. The first kappa shape index (κ1) is 16.6. The molecular weight excluding hydrogens is 309 g/mol. The van der Waals surface area contributed by atoms with E-state index in [-0.39, 0.29) is 5.91 Å². The van der Waals surface area contributed by atoms with Crippen LogP contribution in [0.15, 0.2) is 18.2 Å². The van der Waals surface area contributed by atoms with Gasteiger partial charge in [0.05, 0.1) is 28.3 Å². The fourth-order valence-electron chi connectivity index (χ4n) is 2.68. The average molecular weight is 330 g/mol. The number of hydrogen-bond donors (Lipinski definition) is 1. The van der Waals surface area contributed by atoms with E-state index in [1.165, 1.54) is 19.3 Å². The summed E-state index contributed by atoms with van der Waals surface area (Å²) in [6.45, 7) is 3.23. The zero-order valence-electron chi connectivity index (χ0n) is 12.2. The Morgan fingerprint density at radius 3 is 2.86 bits per heavy atom. The minimum absolute atomic E-state index is 0.220. The molecule has 0 saturated heterocycles. The van der Waals surface area contributed by atoms with Crippen molar-refractivity contribution in [3.8, 4) is 0 Å². The monoisotopic (exact) mass is 329 g/mol. The molecule has 1 aliphatic carbocycles. The Morgan fingerprint density at radius 1 is 1.33 bits per heavy atom. The third kappa shape index (κ3) is 4.60. The molecule has 1 N–H and O–H groups in total. The van der Waals surface area contributed by atoms with Crippen molar-refractivity contribution in [2.45, 2.75) is 38.7 Å². The van der Waals surface area contributed by atoms with Gasteiger partial charge in [0.1, 0.15) is 0 Å². The van der Waals surface area contributed by atoms with Crippen LogP contribution in [0.4, 0.5) is 0 Å². The quantitative estimate of drug-likeness (QED) is 0.817. The lowest BCUT2D eigenvalue weighted by molar-refractivity contribution is -0.00293. The van der Waals surface area contributed by atoms with Crippen molar-refractivity contribution < 1.29 is 9.53 Å². The molecule has 0 aromatic heterocycles. The molecule has 0 bridgehead atoms. The SMILES string of the molecule is C[C@H]1CCCC[C@@H]1OCCNC(=O)c1cccc(Cl)c1Cl. The highest BCUT2D eigenvalue weighted by Gasteiger charge is 2.21. The molecule has 1 aromatic rings. The Hall–Kier alpha value is -0.770. The molecule has 1 aromatic carbocycles. The standard InChI is InChI=1S/C16H21Cl2NO2/c1-11-5-2-3-8-14(11)21-10-9-19-16(20)12-6-4-7-13(17)15(12)18/h4,6-7,11,14H,2-3,5,8-10H2,1H3,(H,19,20)/t11-,14-/m0/s1. The van der Waals surface area contributed by atoms with Gasteiger partial charge in [0.15, 0.2) is 0 Å². The summed E-state index contributed by atoms with van der Waals surface area (Å²) in [6.07, 6.45) is 5.21. The van der Waals surface area contributed by atoms with Crippen LogP contribution in [-0.4, -0.2) is 25.2 Å². The van der Waals surface area contributed by atoms with Crippen LogP contribution in [0.1, 0.15) is 43.0 Å². The van der Waals surface area contributed by atoms with Crippen molar-refractivity contribution in [1.82, 2.24) is 5.32 Å². The van der Waals surface area contributed by atoms with Gasteiger partial charge in [-0.1, -0.05) is 49.0 Å². The van der Waals surface area contributed by atoms with Crippen LogP contribution in [0, 0.1) is 5.92 Å². The lowest BCUT2D eigenvalue weighted by Crippen LogP contribution is -2.31. The maximum atomic E-state index is 12.0. The number of nitrogens with one attached hydrogen (secondary N) is 1. The molecule has 1 saturated carbocycles. The molecule has 0 aliphatic heterocycles. The van der Waals surface area contributed by atoms with E-state index in [1.807, 2.05) is 0 Å². The van der Waals surface area contributed by atoms with Crippen molar-refractivity contribution in [2.24, 2.45) is 5.92 Å². The van der Waals surface area contributed by atoms with E-state index in [4.69, 9.17) is 27.9 Å². The third-order valence-electron chi connectivity index (χ3n) is 3.95. The van der Waals surface area contributed by atoms with E-state index in [2.05, 4.69) is 12.2 Å². The van der Waals surface area contributed by atoms with Crippen molar-refractivity contribution >= 4 is 29.1 Å². The normalized spacial score (nSPS) is 22.0. The van der Waals surface area contributed by atoms with E-state index in [1.54, 1.807) is 18.2 Å². The van der Waals surface area contributed by atoms with Gasteiger partial charge in [0.2, 0.25) is 0 Å². The van der Waals surface area contributed by atoms with E-state index in [0.29, 0.717) is 40.8 Å².